The van der Waals surface area contributed by atoms with E-state index in [4.69, 9.17) is 9.47 Å². The van der Waals surface area contributed by atoms with Gasteiger partial charge in [0.15, 0.2) is 5.96 Å². The number of benzene rings is 1. The van der Waals surface area contributed by atoms with Crippen LogP contribution in [-0.4, -0.2) is 44.8 Å². The first-order valence-electron chi connectivity index (χ1n) is 9.15. The van der Waals surface area contributed by atoms with Gasteiger partial charge in [0.25, 0.3) is 0 Å². The van der Waals surface area contributed by atoms with Gasteiger partial charge >= 0.3 is 5.97 Å². The van der Waals surface area contributed by atoms with Gasteiger partial charge in [-0.05, 0) is 43.9 Å². The Hall–Kier alpha value is -2.24. The first kappa shape index (κ1) is 19.1. The Morgan fingerprint density at radius 1 is 1.32 bits per heavy atom. The molecule has 0 radical (unpaired) electrons. The van der Waals surface area contributed by atoms with Gasteiger partial charge in [-0.15, -0.1) is 0 Å². The second kappa shape index (κ2) is 10.6. The molecule has 2 N–H and O–H groups in total. The third-order valence-electron chi connectivity index (χ3n) is 3.92. The van der Waals surface area contributed by atoms with Gasteiger partial charge in [-0.3, -0.25) is 9.79 Å². The highest BCUT2D eigenvalue weighted by Gasteiger charge is 2.11. The Balaban J connectivity index is 1.73. The van der Waals surface area contributed by atoms with E-state index in [0.717, 1.165) is 44.2 Å². The number of hydrogen-bond acceptors (Lipinski definition) is 4. The fourth-order valence-electron chi connectivity index (χ4n) is 2.71. The topological polar surface area (TPSA) is 72.0 Å². The van der Waals surface area contributed by atoms with Crippen LogP contribution >= 0.6 is 0 Å². The molecule has 0 atom stereocenters. The Labute approximate surface area is 150 Å². The maximum atomic E-state index is 11.3. The average Bonchev–Trinajstić information content (AvgIpc) is 3.06. The molecule has 1 heterocycles. The van der Waals surface area contributed by atoms with E-state index in [-0.39, 0.29) is 5.97 Å². The molecule has 25 heavy (non-hydrogen) atoms. The summed E-state index contributed by atoms with van der Waals surface area (Å²) in [6.45, 7) is 7.29. The molecule has 1 aromatic carbocycles. The van der Waals surface area contributed by atoms with Gasteiger partial charge in [-0.25, -0.2) is 0 Å². The number of aliphatic imine (C=N–C) groups is 1. The van der Waals surface area contributed by atoms with Crippen molar-refractivity contribution in [3.8, 4) is 5.75 Å². The van der Waals surface area contributed by atoms with E-state index in [1.165, 1.54) is 11.1 Å². The molecule has 1 aliphatic rings. The fourth-order valence-corrected chi connectivity index (χ4v) is 2.71. The molecule has 0 saturated heterocycles. The first-order chi connectivity index (χ1) is 12.2. The van der Waals surface area contributed by atoms with E-state index in [1.807, 2.05) is 13.8 Å². The van der Waals surface area contributed by atoms with Crippen molar-refractivity contribution < 1.29 is 14.3 Å². The van der Waals surface area contributed by atoms with Crippen molar-refractivity contribution in [3.63, 3.8) is 0 Å². The number of nitrogens with one attached hydrogen (secondary N) is 2. The van der Waals surface area contributed by atoms with Crippen molar-refractivity contribution in [2.24, 2.45) is 4.99 Å². The SMILES string of the molecule is CCNC(=NCCCC(=O)OCC)NCCc1ccc2c(c1)CCO2. The van der Waals surface area contributed by atoms with Crippen LogP contribution in [0.5, 0.6) is 5.75 Å². The van der Waals surface area contributed by atoms with Crippen molar-refractivity contribution in [2.75, 3.05) is 32.8 Å². The Morgan fingerprint density at radius 2 is 2.20 bits per heavy atom. The summed E-state index contributed by atoms with van der Waals surface area (Å²) in [6, 6.07) is 6.41. The van der Waals surface area contributed by atoms with Crippen molar-refractivity contribution in [1.82, 2.24) is 10.6 Å². The zero-order valence-corrected chi connectivity index (χ0v) is 15.3. The third kappa shape index (κ3) is 6.64. The summed E-state index contributed by atoms with van der Waals surface area (Å²) in [5.74, 6) is 1.65. The number of fused-ring (bicyclic) bond motifs is 1. The van der Waals surface area contributed by atoms with Crippen LogP contribution in [0.4, 0.5) is 0 Å². The van der Waals surface area contributed by atoms with Gasteiger partial charge in [0.1, 0.15) is 5.75 Å². The molecule has 1 aliphatic heterocycles. The van der Waals surface area contributed by atoms with Gasteiger partial charge in [-0.1, -0.05) is 12.1 Å². The summed E-state index contributed by atoms with van der Waals surface area (Å²) in [7, 11) is 0. The minimum atomic E-state index is -0.156. The third-order valence-corrected chi connectivity index (χ3v) is 3.92. The van der Waals surface area contributed by atoms with Crippen molar-refractivity contribution in [2.45, 2.75) is 39.5 Å². The highest BCUT2D eigenvalue weighted by molar-refractivity contribution is 5.79. The second-order valence-electron chi connectivity index (χ2n) is 5.89. The Kier molecular flexibility index (Phi) is 8.09. The quantitative estimate of drug-likeness (QED) is 0.310. The number of hydrogen-bond donors (Lipinski definition) is 2. The number of carbonyl (C=O) groups excluding carboxylic acids is 1. The van der Waals surface area contributed by atoms with E-state index < -0.39 is 0 Å². The molecule has 0 saturated carbocycles. The zero-order valence-electron chi connectivity index (χ0n) is 15.3. The monoisotopic (exact) mass is 347 g/mol. The molecule has 1 aromatic rings. The van der Waals surface area contributed by atoms with Crippen LogP contribution in [0.1, 0.15) is 37.8 Å². The molecule has 0 bridgehead atoms. The fraction of sp³-hybridized carbons (Fsp3) is 0.579. The lowest BCUT2D eigenvalue weighted by molar-refractivity contribution is -0.143. The van der Waals surface area contributed by atoms with Crippen LogP contribution in [0.3, 0.4) is 0 Å². The number of guanidine groups is 1. The largest absolute Gasteiger partial charge is 0.493 e. The number of nitrogens with zero attached hydrogens (tertiary/aromatic N) is 1. The van der Waals surface area contributed by atoms with Gasteiger partial charge in [0, 0.05) is 32.5 Å². The molecule has 138 valence electrons. The Bertz CT molecular complexity index is 587. The van der Waals surface area contributed by atoms with E-state index in [9.17, 15) is 4.79 Å². The van der Waals surface area contributed by atoms with E-state index in [2.05, 4.69) is 33.8 Å². The summed E-state index contributed by atoms with van der Waals surface area (Å²) in [6.07, 6.45) is 3.04. The molecular weight excluding hydrogens is 318 g/mol. The molecule has 6 nitrogen and oxygen atoms in total. The Morgan fingerprint density at radius 3 is 3.00 bits per heavy atom. The summed E-state index contributed by atoms with van der Waals surface area (Å²) in [5.41, 5.74) is 2.60. The first-order valence-corrected chi connectivity index (χ1v) is 9.15. The smallest absolute Gasteiger partial charge is 0.305 e. The average molecular weight is 347 g/mol. The van der Waals surface area contributed by atoms with Crippen LogP contribution in [0, 0.1) is 0 Å². The van der Waals surface area contributed by atoms with Crippen molar-refractivity contribution in [1.29, 1.82) is 0 Å². The van der Waals surface area contributed by atoms with E-state index >= 15 is 0 Å². The lowest BCUT2D eigenvalue weighted by Gasteiger charge is -2.11. The highest BCUT2D eigenvalue weighted by Crippen LogP contribution is 2.25. The molecule has 0 aliphatic carbocycles. The normalized spacial score (nSPS) is 13.1. The summed E-state index contributed by atoms with van der Waals surface area (Å²) >= 11 is 0. The molecular formula is C19H29N3O3. The van der Waals surface area contributed by atoms with Crippen molar-refractivity contribution >= 4 is 11.9 Å². The zero-order chi connectivity index (χ0) is 17.9. The van der Waals surface area contributed by atoms with Gasteiger partial charge < -0.3 is 20.1 Å². The lowest BCUT2D eigenvalue weighted by atomic mass is 10.1. The van der Waals surface area contributed by atoms with Crippen LogP contribution in [0.25, 0.3) is 0 Å². The molecule has 6 heteroatoms. The van der Waals surface area contributed by atoms with Gasteiger partial charge in [-0.2, -0.15) is 0 Å². The second-order valence-corrected chi connectivity index (χ2v) is 5.89. The van der Waals surface area contributed by atoms with Gasteiger partial charge in [0.05, 0.1) is 13.2 Å². The standard InChI is InChI=1S/C19H29N3O3/c1-3-20-19(21-11-5-6-18(23)24-4-2)22-12-9-15-7-8-17-16(14-15)10-13-25-17/h7-8,14H,3-6,9-13H2,1-2H3,(H2,20,21,22). The molecule has 0 fully saturated rings. The molecule has 2 rings (SSSR count). The predicted octanol–water partition coefficient (Wildman–Crippen LogP) is 2.06. The van der Waals surface area contributed by atoms with Crippen LogP contribution in [0.2, 0.25) is 0 Å². The minimum Gasteiger partial charge on any atom is -0.493 e. The highest BCUT2D eigenvalue weighted by atomic mass is 16.5. The predicted molar refractivity (Wildman–Crippen MR) is 99.2 cm³/mol. The number of carbonyl (C=O) groups is 1. The molecule has 0 amide bonds. The number of rotatable bonds is 9. The summed E-state index contributed by atoms with van der Waals surface area (Å²) in [5, 5.41) is 6.57. The molecule has 0 aromatic heterocycles. The van der Waals surface area contributed by atoms with Crippen LogP contribution in [-0.2, 0) is 22.4 Å². The molecule has 0 spiro atoms. The van der Waals surface area contributed by atoms with E-state index in [0.29, 0.717) is 26.0 Å². The van der Waals surface area contributed by atoms with Crippen LogP contribution in [0.15, 0.2) is 23.2 Å². The van der Waals surface area contributed by atoms with E-state index in [1.54, 1.807) is 0 Å². The number of esters is 1. The minimum absolute atomic E-state index is 0.156. The van der Waals surface area contributed by atoms with Crippen LogP contribution < -0.4 is 15.4 Å². The van der Waals surface area contributed by atoms with Crippen molar-refractivity contribution in [3.05, 3.63) is 29.3 Å². The maximum Gasteiger partial charge on any atom is 0.305 e. The number of ether oxygens (including phenoxy) is 2. The molecule has 0 unspecified atom stereocenters. The summed E-state index contributed by atoms with van der Waals surface area (Å²) < 4.78 is 10.5. The van der Waals surface area contributed by atoms with Gasteiger partial charge in [0.2, 0.25) is 0 Å². The summed E-state index contributed by atoms with van der Waals surface area (Å²) in [4.78, 5) is 15.8. The maximum absolute atomic E-state index is 11.3. The lowest BCUT2D eigenvalue weighted by Crippen LogP contribution is -2.38.